The maximum Gasteiger partial charge on any atom is 0.268 e. The minimum atomic E-state index is -0.145. The van der Waals surface area contributed by atoms with Gasteiger partial charge in [-0.1, -0.05) is 0 Å². The fourth-order valence-electron chi connectivity index (χ4n) is 1.93. The summed E-state index contributed by atoms with van der Waals surface area (Å²) >= 11 is 0. The molecular formula is C13H19N5O. The zero-order valence-corrected chi connectivity index (χ0v) is 11.4. The summed E-state index contributed by atoms with van der Waals surface area (Å²) in [5, 5.41) is 2.85. The largest absolute Gasteiger partial charge is 0.397 e. The van der Waals surface area contributed by atoms with Crippen LogP contribution in [0.4, 0.5) is 5.69 Å². The van der Waals surface area contributed by atoms with Crippen molar-refractivity contribution >= 4 is 11.6 Å². The van der Waals surface area contributed by atoms with E-state index in [4.69, 9.17) is 5.73 Å². The number of nitrogens with two attached hydrogens (primary N) is 1. The maximum absolute atomic E-state index is 12.2. The minimum absolute atomic E-state index is 0.145. The Morgan fingerprint density at radius 1 is 1.53 bits per heavy atom. The number of nitrogen functional groups attached to an aromatic ring is 1. The molecule has 19 heavy (non-hydrogen) atoms. The van der Waals surface area contributed by atoms with Crippen LogP contribution in [-0.2, 0) is 13.6 Å². The molecule has 0 aliphatic rings. The third-order valence-electron chi connectivity index (χ3n) is 2.99. The number of anilines is 1. The van der Waals surface area contributed by atoms with E-state index in [9.17, 15) is 4.79 Å². The zero-order valence-electron chi connectivity index (χ0n) is 11.4. The zero-order chi connectivity index (χ0) is 14.0. The van der Waals surface area contributed by atoms with Gasteiger partial charge in [0.2, 0.25) is 0 Å². The summed E-state index contributed by atoms with van der Waals surface area (Å²) in [5.41, 5.74) is 6.92. The lowest BCUT2D eigenvalue weighted by molar-refractivity contribution is 0.0939. The number of hydrogen-bond acceptors (Lipinski definition) is 3. The maximum atomic E-state index is 12.2. The lowest BCUT2D eigenvalue weighted by atomic mass is 10.3. The van der Waals surface area contributed by atoms with E-state index in [0.717, 1.165) is 5.82 Å². The standard InChI is InChI=1S/C13H19N5O/c1-9(2)18-8-10(14)6-11(18)13(19)16-7-12-15-4-5-17(12)3/h4-6,8-9H,7,14H2,1-3H3,(H,16,19). The minimum Gasteiger partial charge on any atom is -0.397 e. The molecule has 0 atom stereocenters. The Balaban J connectivity index is 2.10. The molecule has 0 aliphatic carbocycles. The van der Waals surface area contributed by atoms with Crippen molar-refractivity contribution in [1.82, 2.24) is 19.4 Å². The Labute approximate surface area is 112 Å². The first-order valence-corrected chi connectivity index (χ1v) is 6.20. The molecule has 0 aliphatic heterocycles. The van der Waals surface area contributed by atoms with Gasteiger partial charge in [-0.05, 0) is 19.9 Å². The van der Waals surface area contributed by atoms with Crippen molar-refractivity contribution in [2.75, 3.05) is 5.73 Å². The smallest absolute Gasteiger partial charge is 0.268 e. The molecule has 0 aromatic carbocycles. The SMILES string of the molecule is CC(C)n1cc(N)cc1C(=O)NCc1nccn1C. The molecular weight excluding hydrogens is 242 g/mol. The topological polar surface area (TPSA) is 77.9 Å². The first kappa shape index (κ1) is 13.2. The number of nitrogens with zero attached hydrogens (tertiary/aromatic N) is 3. The first-order valence-electron chi connectivity index (χ1n) is 6.20. The van der Waals surface area contributed by atoms with Crippen molar-refractivity contribution in [1.29, 1.82) is 0 Å². The van der Waals surface area contributed by atoms with E-state index in [1.54, 1.807) is 18.5 Å². The third kappa shape index (κ3) is 2.78. The average Bonchev–Trinajstić information content (AvgIpc) is 2.92. The van der Waals surface area contributed by atoms with Crippen LogP contribution in [0.1, 0.15) is 36.2 Å². The lowest BCUT2D eigenvalue weighted by Crippen LogP contribution is -2.27. The third-order valence-corrected chi connectivity index (χ3v) is 2.99. The average molecular weight is 261 g/mol. The number of hydrogen-bond donors (Lipinski definition) is 2. The van der Waals surface area contributed by atoms with Gasteiger partial charge in [-0.3, -0.25) is 4.79 Å². The van der Waals surface area contributed by atoms with Crippen molar-refractivity contribution in [2.45, 2.75) is 26.4 Å². The molecule has 2 heterocycles. The lowest BCUT2D eigenvalue weighted by Gasteiger charge is -2.12. The molecule has 2 rings (SSSR count). The van der Waals surface area contributed by atoms with Gasteiger partial charge in [0.05, 0.1) is 12.2 Å². The highest BCUT2D eigenvalue weighted by atomic mass is 16.1. The highest BCUT2D eigenvalue weighted by Crippen LogP contribution is 2.16. The summed E-state index contributed by atoms with van der Waals surface area (Å²) in [5.74, 6) is 0.664. The van der Waals surface area contributed by atoms with Crippen molar-refractivity contribution in [3.05, 3.63) is 36.2 Å². The number of rotatable bonds is 4. The normalized spacial score (nSPS) is 10.9. The van der Waals surface area contributed by atoms with Gasteiger partial charge < -0.3 is 20.2 Å². The van der Waals surface area contributed by atoms with Crippen molar-refractivity contribution in [3.63, 3.8) is 0 Å². The highest BCUT2D eigenvalue weighted by Gasteiger charge is 2.15. The number of imidazole rings is 1. The van der Waals surface area contributed by atoms with E-state index in [1.165, 1.54) is 0 Å². The Morgan fingerprint density at radius 3 is 2.84 bits per heavy atom. The fourth-order valence-corrected chi connectivity index (χ4v) is 1.93. The fraction of sp³-hybridized carbons (Fsp3) is 0.385. The molecule has 0 saturated carbocycles. The van der Waals surface area contributed by atoms with E-state index in [1.807, 2.05) is 36.2 Å². The quantitative estimate of drug-likeness (QED) is 0.871. The molecule has 2 aromatic rings. The number of aryl methyl sites for hydroxylation is 1. The summed E-state index contributed by atoms with van der Waals surface area (Å²) in [4.78, 5) is 16.3. The van der Waals surface area contributed by atoms with E-state index >= 15 is 0 Å². The molecule has 3 N–H and O–H groups in total. The monoisotopic (exact) mass is 261 g/mol. The van der Waals surface area contributed by atoms with Crippen LogP contribution in [0.25, 0.3) is 0 Å². The van der Waals surface area contributed by atoms with Crippen LogP contribution in [-0.4, -0.2) is 20.0 Å². The van der Waals surface area contributed by atoms with Crippen LogP contribution in [0.2, 0.25) is 0 Å². The van der Waals surface area contributed by atoms with Crippen molar-refractivity contribution < 1.29 is 4.79 Å². The van der Waals surface area contributed by atoms with Crippen LogP contribution in [0.15, 0.2) is 24.7 Å². The predicted molar refractivity (Wildman–Crippen MR) is 73.6 cm³/mol. The summed E-state index contributed by atoms with van der Waals surface area (Å²) in [6.45, 7) is 4.41. The molecule has 0 saturated heterocycles. The van der Waals surface area contributed by atoms with Crippen LogP contribution >= 0.6 is 0 Å². The number of nitrogens with one attached hydrogen (secondary N) is 1. The molecule has 0 bridgehead atoms. The number of aromatic nitrogens is 3. The van der Waals surface area contributed by atoms with Crippen LogP contribution in [0, 0.1) is 0 Å². The Kier molecular flexibility index (Phi) is 3.59. The van der Waals surface area contributed by atoms with Gasteiger partial charge in [0.1, 0.15) is 11.5 Å². The summed E-state index contributed by atoms with van der Waals surface area (Å²) in [7, 11) is 1.89. The van der Waals surface area contributed by atoms with Crippen molar-refractivity contribution in [3.8, 4) is 0 Å². The second kappa shape index (κ2) is 5.17. The van der Waals surface area contributed by atoms with Gasteiger partial charge in [0.15, 0.2) is 0 Å². The number of carbonyl (C=O) groups excluding carboxylic acids is 1. The number of amides is 1. The van der Waals surface area contributed by atoms with E-state index in [2.05, 4.69) is 10.3 Å². The molecule has 2 aromatic heterocycles. The molecule has 0 fully saturated rings. The van der Waals surface area contributed by atoms with Gasteiger partial charge >= 0.3 is 0 Å². The summed E-state index contributed by atoms with van der Waals surface area (Å²) in [6.07, 6.45) is 5.33. The van der Waals surface area contributed by atoms with Crippen LogP contribution in [0.3, 0.4) is 0 Å². The predicted octanol–water partition coefficient (Wildman–Crippen LogP) is 1.31. The number of carbonyl (C=O) groups is 1. The first-order chi connectivity index (χ1) is 8.99. The molecule has 1 amide bonds. The second-order valence-corrected chi connectivity index (χ2v) is 4.80. The summed E-state index contributed by atoms with van der Waals surface area (Å²) in [6, 6.07) is 1.87. The second-order valence-electron chi connectivity index (χ2n) is 4.80. The highest BCUT2D eigenvalue weighted by molar-refractivity contribution is 5.93. The van der Waals surface area contributed by atoms with E-state index < -0.39 is 0 Å². The molecule has 0 spiro atoms. The van der Waals surface area contributed by atoms with Crippen molar-refractivity contribution in [2.24, 2.45) is 7.05 Å². The summed E-state index contributed by atoms with van der Waals surface area (Å²) < 4.78 is 3.74. The van der Waals surface area contributed by atoms with Gasteiger partial charge in [-0.15, -0.1) is 0 Å². The van der Waals surface area contributed by atoms with E-state index in [-0.39, 0.29) is 11.9 Å². The van der Waals surface area contributed by atoms with Crippen LogP contribution in [0.5, 0.6) is 0 Å². The Hall–Kier alpha value is -2.24. The molecule has 6 heteroatoms. The Morgan fingerprint density at radius 2 is 2.26 bits per heavy atom. The van der Waals surface area contributed by atoms with E-state index in [0.29, 0.717) is 17.9 Å². The molecule has 6 nitrogen and oxygen atoms in total. The van der Waals surface area contributed by atoms with Crippen LogP contribution < -0.4 is 11.1 Å². The van der Waals surface area contributed by atoms with Gasteiger partial charge in [-0.25, -0.2) is 4.98 Å². The molecule has 0 radical (unpaired) electrons. The van der Waals surface area contributed by atoms with Gasteiger partial charge in [-0.2, -0.15) is 0 Å². The molecule has 102 valence electrons. The molecule has 0 unspecified atom stereocenters. The Bertz CT molecular complexity index is 582. The van der Waals surface area contributed by atoms with Gasteiger partial charge in [0, 0.05) is 31.7 Å². The van der Waals surface area contributed by atoms with Gasteiger partial charge in [0.25, 0.3) is 5.91 Å².